The summed E-state index contributed by atoms with van der Waals surface area (Å²) in [5.41, 5.74) is 0.660. The van der Waals surface area contributed by atoms with Crippen molar-refractivity contribution in [2.75, 3.05) is 6.54 Å². The molecule has 0 bridgehead atoms. The number of benzene rings is 1. The first kappa shape index (κ1) is 16.6. The number of non-ortho nitro benzene ring substituents is 1. The van der Waals surface area contributed by atoms with Crippen LogP contribution < -0.4 is 5.32 Å². The Labute approximate surface area is 143 Å². The first-order chi connectivity index (χ1) is 11.4. The highest BCUT2D eigenvalue weighted by Crippen LogP contribution is 2.29. The molecule has 0 radical (unpaired) electrons. The molecule has 9 heteroatoms. The normalized spacial score (nSPS) is 25.8. The highest BCUT2D eigenvalue weighted by Gasteiger charge is 2.44. The molecule has 24 heavy (non-hydrogen) atoms. The average Bonchev–Trinajstić information content (AvgIpc) is 2.91. The number of carbonyl (C=O) groups excluding carboxylic acids is 2. The van der Waals surface area contributed by atoms with Crippen molar-refractivity contribution < 1.29 is 19.2 Å². The fraction of sp³-hybridized carbons (Fsp3) is 0.467. The lowest BCUT2D eigenvalue weighted by Gasteiger charge is -2.36. The third-order valence-electron chi connectivity index (χ3n) is 4.28. The van der Waals surface area contributed by atoms with Crippen LogP contribution in [0.25, 0.3) is 0 Å². The number of nitrogens with one attached hydrogen (secondary N) is 1. The molecular formula is C15H17N3O5S. The van der Waals surface area contributed by atoms with Crippen molar-refractivity contribution in [2.45, 2.75) is 36.8 Å². The molecule has 2 aliphatic rings. The van der Waals surface area contributed by atoms with Crippen molar-refractivity contribution in [3.63, 3.8) is 0 Å². The van der Waals surface area contributed by atoms with Crippen LogP contribution in [0.3, 0.4) is 0 Å². The number of likely N-dealkylation sites (tertiary alicyclic amines) is 1. The molecule has 2 aliphatic heterocycles. The van der Waals surface area contributed by atoms with Gasteiger partial charge >= 0.3 is 6.09 Å². The molecule has 0 aromatic heterocycles. The van der Waals surface area contributed by atoms with Crippen LogP contribution in [0.1, 0.15) is 18.4 Å². The van der Waals surface area contributed by atoms with E-state index in [9.17, 15) is 19.7 Å². The minimum absolute atomic E-state index is 0.0108. The third-order valence-corrected chi connectivity index (χ3v) is 4.66. The monoisotopic (exact) mass is 351 g/mol. The van der Waals surface area contributed by atoms with E-state index in [4.69, 9.17) is 4.74 Å². The topological polar surface area (TPSA) is 102 Å². The molecule has 2 saturated heterocycles. The number of nitro benzene ring substituents is 1. The van der Waals surface area contributed by atoms with E-state index >= 15 is 0 Å². The molecule has 3 atom stereocenters. The third kappa shape index (κ3) is 3.45. The summed E-state index contributed by atoms with van der Waals surface area (Å²) in [6.07, 6.45) is 0.661. The smallest absolute Gasteiger partial charge is 0.410 e. The van der Waals surface area contributed by atoms with E-state index in [2.05, 4.69) is 17.9 Å². The molecule has 0 saturated carbocycles. The van der Waals surface area contributed by atoms with Crippen molar-refractivity contribution in [2.24, 2.45) is 0 Å². The summed E-state index contributed by atoms with van der Waals surface area (Å²) in [7, 11) is 0. The molecule has 2 fully saturated rings. The second kappa shape index (κ2) is 6.68. The largest absolute Gasteiger partial charge is 0.445 e. The van der Waals surface area contributed by atoms with E-state index in [-0.39, 0.29) is 35.5 Å². The molecule has 8 nitrogen and oxygen atoms in total. The maximum absolute atomic E-state index is 12.3. The molecule has 1 unspecified atom stereocenters. The number of ether oxygens (including phenoxy) is 1. The quantitative estimate of drug-likeness (QED) is 0.370. The number of hydrogen-bond acceptors (Lipinski definition) is 6. The maximum Gasteiger partial charge on any atom is 0.410 e. The molecule has 128 valence electrons. The molecular weight excluding hydrogens is 334 g/mol. The highest BCUT2D eigenvalue weighted by atomic mass is 32.1. The molecule has 0 spiro atoms. The lowest BCUT2D eigenvalue weighted by molar-refractivity contribution is -0.384. The molecule has 1 aromatic rings. The van der Waals surface area contributed by atoms with Crippen LogP contribution >= 0.6 is 12.6 Å². The number of amides is 2. The Hall–Kier alpha value is -2.29. The number of nitrogens with zero attached hydrogens (tertiary/aromatic N) is 2. The number of carbonyl (C=O) groups is 2. The first-order valence-corrected chi connectivity index (χ1v) is 8.10. The Morgan fingerprint density at radius 3 is 2.67 bits per heavy atom. The highest BCUT2D eigenvalue weighted by molar-refractivity contribution is 7.81. The fourth-order valence-corrected chi connectivity index (χ4v) is 3.39. The van der Waals surface area contributed by atoms with Gasteiger partial charge in [-0.05, 0) is 24.1 Å². The zero-order chi connectivity index (χ0) is 17.3. The van der Waals surface area contributed by atoms with Crippen molar-refractivity contribution in [3.8, 4) is 0 Å². The van der Waals surface area contributed by atoms with Crippen molar-refractivity contribution in [1.82, 2.24) is 10.2 Å². The Bertz CT molecular complexity index is 658. The molecule has 1 N–H and O–H groups in total. The minimum atomic E-state index is -0.482. The van der Waals surface area contributed by atoms with Gasteiger partial charge in [0, 0.05) is 30.3 Å². The van der Waals surface area contributed by atoms with Gasteiger partial charge in [0.1, 0.15) is 6.61 Å². The van der Waals surface area contributed by atoms with E-state index in [0.29, 0.717) is 24.9 Å². The van der Waals surface area contributed by atoms with Crippen LogP contribution in [-0.4, -0.2) is 45.7 Å². The lowest BCUT2D eigenvalue weighted by Crippen LogP contribution is -2.59. The average molecular weight is 351 g/mol. The second-order valence-corrected chi connectivity index (χ2v) is 6.70. The van der Waals surface area contributed by atoms with Gasteiger partial charge in [-0.1, -0.05) is 0 Å². The van der Waals surface area contributed by atoms with Gasteiger partial charge in [0.25, 0.3) is 5.69 Å². The molecule has 2 amide bonds. The number of thiol groups is 1. The Kier molecular flexibility index (Phi) is 4.61. The number of rotatable bonds is 4. The maximum atomic E-state index is 12.3. The zero-order valence-corrected chi connectivity index (χ0v) is 13.6. The van der Waals surface area contributed by atoms with Crippen LogP contribution in [0, 0.1) is 10.1 Å². The predicted octanol–water partition coefficient (Wildman–Crippen LogP) is 1.49. The van der Waals surface area contributed by atoms with Gasteiger partial charge in [0.15, 0.2) is 0 Å². The Morgan fingerprint density at radius 2 is 2.08 bits per heavy atom. The summed E-state index contributed by atoms with van der Waals surface area (Å²) in [5, 5.41) is 13.5. The molecule has 2 heterocycles. The number of hydrogen-bond donors (Lipinski definition) is 2. The van der Waals surface area contributed by atoms with E-state index in [1.807, 2.05) is 0 Å². The summed E-state index contributed by atoms with van der Waals surface area (Å²) >= 11 is 4.43. The second-order valence-electron chi connectivity index (χ2n) is 5.97. The summed E-state index contributed by atoms with van der Waals surface area (Å²) < 4.78 is 5.31. The number of β-lactam (4-membered cyclic amide) rings is 1. The molecule has 1 aromatic carbocycles. The van der Waals surface area contributed by atoms with Crippen LogP contribution in [-0.2, 0) is 16.1 Å². The van der Waals surface area contributed by atoms with E-state index in [1.54, 1.807) is 17.0 Å². The SMILES string of the molecule is O=C1CC([C@@H]2C[C@H](S)CN2C(=O)OCc2ccc([N+](=O)[O-])cc2)N1. The molecule has 3 rings (SSSR count). The zero-order valence-electron chi connectivity index (χ0n) is 12.8. The Morgan fingerprint density at radius 1 is 1.42 bits per heavy atom. The summed E-state index contributed by atoms with van der Waals surface area (Å²) in [6.45, 7) is 0.507. The predicted molar refractivity (Wildman–Crippen MR) is 87.7 cm³/mol. The van der Waals surface area contributed by atoms with Gasteiger partial charge in [0.2, 0.25) is 5.91 Å². The standard InChI is InChI=1S/C15H17N3O5S/c19-14-6-12(16-14)13-5-11(24)7-17(13)15(20)23-8-9-1-3-10(4-2-9)18(21)22/h1-4,11-13,24H,5-8H2,(H,16,19)/t11-,12?,13-/m0/s1. The van der Waals surface area contributed by atoms with Crippen molar-refractivity contribution in [3.05, 3.63) is 39.9 Å². The van der Waals surface area contributed by atoms with Gasteiger partial charge in [-0.25, -0.2) is 4.79 Å². The number of nitro groups is 1. The Balaban J connectivity index is 1.57. The van der Waals surface area contributed by atoms with Gasteiger partial charge < -0.3 is 15.0 Å². The fourth-order valence-electron chi connectivity index (χ4n) is 2.99. The van der Waals surface area contributed by atoms with Crippen molar-refractivity contribution >= 4 is 30.3 Å². The van der Waals surface area contributed by atoms with Gasteiger partial charge in [-0.15, -0.1) is 0 Å². The summed E-state index contributed by atoms with van der Waals surface area (Å²) in [4.78, 5) is 35.2. The van der Waals surface area contributed by atoms with Crippen molar-refractivity contribution in [1.29, 1.82) is 0 Å². The first-order valence-electron chi connectivity index (χ1n) is 7.58. The van der Waals surface area contributed by atoms with E-state index in [1.165, 1.54) is 12.1 Å². The van der Waals surface area contributed by atoms with Crippen LogP contribution in [0.2, 0.25) is 0 Å². The van der Waals surface area contributed by atoms with Gasteiger partial charge in [-0.2, -0.15) is 12.6 Å². The van der Waals surface area contributed by atoms with Crippen LogP contribution in [0.4, 0.5) is 10.5 Å². The minimum Gasteiger partial charge on any atom is -0.445 e. The van der Waals surface area contributed by atoms with Crippen LogP contribution in [0.15, 0.2) is 24.3 Å². The lowest BCUT2D eigenvalue weighted by atomic mass is 9.96. The molecule has 0 aliphatic carbocycles. The van der Waals surface area contributed by atoms with Gasteiger partial charge in [0.05, 0.1) is 17.0 Å². The van der Waals surface area contributed by atoms with E-state index < -0.39 is 11.0 Å². The van der Waals surface area contributed by atoms with E-state index in [0.717, 1.165) is 0 Å². The summed E-state index contributed by atoms with van der Waals surface area (Å²) in [6, 6.07) is 5.71. The van der Waals surface area contributed by atoms with Gasteiger partial charge in [-0.3, -0.25) is 14.9 Å². The van der Waals surface area contributed by atoms with Crippen LogP contribution in [0.5, 0.6) is 0 Å². The summed E-state index contributed by atoms with van der Waals surface area (Å²) in [5.74, 6) is -0.0122.